The minimum absolute atomic E-state index is 0.313. The number of amides is 1. The van der Waals surface area contributed by atoms with Crippen molar-refractivity contribution in [1.29, 1.82) is 0 Å². The Kier molecular flexibility index (Phi) is 5.27. The van der Waals surface area contributed by atoms with E-state index in [1.807, 2.05) is 0 Å². The minimum atomic E-state index is -0.562. The van der Waals surface area contributed by atoms with Crippen molar-refractivity contribution in [2.75, 3.05) is 11.2 Å². The Morgan fingerprint density at radius 2 is 2.05 bits per heavy atom. The Morgan fingerprint density at radius 3 is 2.58 bits per heavy atom. The van der Waals surface area contributed by atoms with Gasteiger partial charge in [0.25, 0.3) is 0 Å². The third-order valence-electron chi connectivity index (χ3n) is 2.17. The third kappa shape index (κ3) is 5.13. The minimum Gasteiger partial charge on any atom is -0.444 e. The van der Waals surface area contributed by atoms with E-state index in [1.54, 1.807) is 39.0 Å². The fraction of sp³-hybridized carbons (Fsp3) is 0.357. The fourth-order valence-electron chi connectivity index (χ4n) is 1.33. The first-order valence-electron chi connectivity index (χ1n) is 5.76. The summed E-state index contributed by atoms with van der Waals surface area (Å²) >= 11 is 11.8. The van der Waals surface area contributed by atoms with E-state index in [1.165, 1.54) is 0 Å². The van der Waals surface area contributed by atoms with Crippen LogP contribution >= 0.6 is 23.2 Å². The first-order chi connectivity index (χ1) is 8.73. The van der Waals surface area contributed by atoms with Gasteiger partial charge in [-0.15, -0.1) is 11.6 Å². The van der Waals surface area contributed by atoms with Crippen LogP contribution in [-0.2, 0) is 4.74 Å². The normalized spacial score (nSPS) is 11.0. The number of benzene rings is 1. The van der Waals surface area contributed by atoms with Gasteiger partial charge in [0, 0.05) is 5.88 Å². The number of allylic oxidation sites excluding steroid dienone is 1. The van der Waals surface area contributed by atoms with Crippen LogP contribution < -0.4 is 5.32 Å². The number of carbonyl (C=O) groups excluding carboxylic acids is 1. The summed E-state index contributed by atoms with van der Waals surface area (Å²) in [6, 6.07) is 5.20. The summed E-state index contributed by atoms with van der Waals surface area (Å²) in [5.74, 6) is 0.313. The van der Waals surface area contributed by atoms with Gasteiger partial charge in [-0.2, -0.15) is 0 Å². The average Bonchev–Trinajstić information content (AvgIpc) is 2.28. The van der Waals surface area contributed by atoms with Crippen LogP contribution in [-0.4, -0.2) is 17.6 Å². The SMILES string of the molecule is C=C(CCl)c1ccc(Cl)c(NC(=O)OC(C)(C)C)c1. The van der Waals surface area contributed by atoms with Crippen LogP contribution in [0.3, 0.4) is 0 Å². The molecule has 3 nitrogen and oxygen atoms in total. The molecule has 0 unspecified atom stereocenters. The lowest BCUT2D eigenvalue weighted by molar-refractivity contribution is 0.0636. The zero-order valence-electron chi connectivity index (χ0n) is 11.2. The molecule has 0 atom stereocenters. The monoisotopic (exact) mass is 301 g/mol. The van der Waals surface area contributed by atoms with Crippen molar-refractivity contribution >= 4 is 40.6 Å². The summed E-state index contributed by atoms with van der Waals surface area (Å²) < 4.78 is 5.17. The molecular weight excluding hydrogens is 285 g/mol. The smallest absolute Gasteiger partial charge is 0.412 e. The summed E-state index contributed by atoms with van der Waals surface area (Å²) in [5.41, 5.74) is 1.49. The first-order valence-corrected chi connectivity index (χ1v) is 6.68. The summed E-state index contributed by atoms with van der Waals surface area (Å²) in [5, 5.41) is 3.04. The summed E-state index contributed by atoms with van der Waals surface area (Å²) in [4.78, 5) is 11.7. The number of hydrogen-bond acceptors (Lipinski definition) is 2. The number of halogens is 2. The molecule has 5 heteroatoms. The van der Waals surface area contributed by atoms with Crippen LogP contribution in [0.4, 0.5) is 10.5 Å². The number of nitrogens with one attached hydrogen (secondary N) is 1. The topological polar surface area (TPSA) is 38.3 Å². The van der Waals surface area contributed by atoms with E-state index in [2.05, 4.69) is 11.9 Å². The second kappa shape index (κ2) is 6.31. The van der Waals surface area contributed by atoms with E-state index >= 15 is 0 Å². The van der Waals surface area contributed by atoms with Gasteiger partial charge in [0.2, 0.25) is 0 Å². The lowest BCUT2D eigenvalue weighted by Crippen LogP contribution is -2.27. The molecule has 0 saturated carbocycles. The molecule has 0 spiro atoms. The molecule has 1 rings (SSSR count). The van der Waals surface area contributed by atoms with Crippen molar-refractivity contribution in [3.63, 3.8) is 0 Å². The van der Waals surface area contributed by atoms with E-state index in [0.29, 0.717) is 16.6 Å². The highest BCUT2D eigenvalue weighted by Crippen LogP contribution is 2.27. The zero-order chi connectivity index (χ0) is 14.6. The van der Waals surface area contributed by atoms with Crippen LogP contribution in [0.15, 0.2) is 24.8 Å². The highest BCUT2D eigenvalue weighted by Gasteiger charge is 2.17. The van der Waals surface area contributed by atoms with Gasteiger partial charge < -0.3 is 4.74 Å². The van der Waals surface area contributed by atoms with E-state index < -0.39 is 11.7 Å². The van der Waals surface area contributed by atoms with Crippen LogP contribution in [0.5, 0.6) is 0 Å². The Bertz CT molecular complexity index is 493. The molecule has 0 heterocycles. The quantitative estimate of drug-likeness (QED) is 0.803. The molecule has 1 N–H and O–H groups in total. The van der Waals surface area contributed by atoms with Crippen molar-refractivity contribution in [3.8, 4) is 0 Å². The zero-order valence-corrected chi connectivity index (χ0v) is 12.7. The van der Waals surface area contributed by atoms with E-state index in [-0.39, 0.29) is 0 Å². The first kappa shape index (κ1) is 15.9. The summed E-state index contributed by atoms with van der Waals surface area (Å²) in [6.07, 6.45) is -0.553. The van der Waals surface area contributed by atoms with Crippen molar-refractivity contribution in [2.24, 2.45) is 0 Å². The van der Waals surface area contributed by atoms with Gasteiger partial charge in [0.15, 0.2) is 0 Å². The molecule has 1 amide bonds. The number of carbonyl (C=O) groups is 1. The molecular formula is C14H17Cl2NO2. The standard InChI is InChI=1S/C14H17Cl2NO2/c1-9(8-15)10-5-6-11(16)12(7-10)17-13(18)19-14(2,3)4/h5-7H,1,8H2,2-4H3,(H,17,18). The van der Waals surface area contributed by atoms with Crippen molar-refractivity contribution in [3.05, 3.63) is 35.4 Å². The maximum absolute atomic E-state index is 11.7. The third-order valence-corrected chi connectivity index (χ3v) is 2.82. The van der Waals surface area contributed by atoms with E-state index in [0.717, 1.165) is 11.1 Å². The number of rotatable bonds is 3. The Balaban J connectivity index is 2.88. The Labute approximate surface area is 123 Å². The summed E-state index contributed by atoms with van der Waals surface area (Å²) in [7, 11) is 0. The number of hydrogen-bond donors (Lipinski definition) is 1. The maximum atomic E-state index is 11.7. The molecule has 19 heavy (non-hydrogen) atoms. The largest absolute Gasteiger partial charge is 0.444 e. The summed E-state index contributed by atoms with van der Waals surface area (Å²) in [6.45, 7) is 9.21. The predicted octanol–water partition coefficient (Wildman–Crippen LogP) is 4.94. The van der Waals surface area contributed by atoms with Gasteiger partial charge in [-0.05, 0) is 44.0 Å². The van der Waals surface area contributed by atoms with E-state index in [9.17, 15) is 4.79 Å². The molecule has 0 bridgehead atoms. The molecule has 1 aromatic rings. The molecule has 0 aliphatic carbocycles. The maximum Gasteiger partial charge on any atom is 0.412 e. The van der Waals surface area contributed by atoms with Gasteiger partial charge >= 0.3 is 6.09 Å². The van der Waals surface area contributed by atoms with Crippen molar-refractivity contribution in [2.45, 2.75) is 26.4 Å². The molecule has 1 aromatic carbocycles. The van der Waals surface area contributed by atoms with Crippen LogP contribution in [0, 0.1) is 0 Å². The molecule has 0 aliphatic heterocycles. The van der Waals surface area contributed by atoms with Gasteiger partial charge in [-0.25, -0.2) is 4.79 Å². The number of alkyl halides is 1. The molecule has 104 valence electrons. The predicted molar refractivity (Wildman–Crippen MR) is 81.1 cm³/mol. The van der Waals surface area contributed by atoms with Crippen molar-refractivity contribution < 1.29 is 9.53 Å². The lowest BCUT2D eigenvalue weighted by atomic mass is 10.1. The Morgan fingerprint density at radius 1 is 1.42 bits per heavy atom. The molecule has 0 saturated heterocycles. The van der Waals surface area contributed by atoms with E-state index in [4.69, 9.17) is 27.9 Å². The van der Waals surface area contributed by atoms with Crippen LogP contribution in [0.25, 0.3) is 5.57 Å². The van der Waals surface area contributed by atoms with Gasteiger partial charge in [0.1, 0.15) is 5.60 Å². The molecule has 0 radical (unpaired) electrons. The van der Waals surface area contributed by atoms with Crippen LogP contribution in [0.1, 0.15) is 26.3 Å². The molecule has 0 fully saturated rings. The van der Waals surface area contributed by atoms with Gasteiger partial charge in [-0.1, -0.05) is 24.2 Å². The Hall–Kier alpha value is -1.19. The van der Waals surface area contributed by atoms with Crippen LogP contribution in [0.2, 0.25) is 5.02 Å². The second-order valence-corrected chi connectivity index (χ2v) is 5.73. The fourth-order valence-corrected chi connectivity index (χ4v) is 1.65. The number of ether oxygens (including phenoxy) is 1. The number of anilines is 1. The average molecular weight is 302 g/mol. The lowest BCUT2D eigenvalue weighted by Gasteiger charge is -2.20. The molecule has 0 aliphatic rings. The van der Waals surface area contributed by atoms with Crippen molar-refractivity contribution in [1.82, 2.24) is 0 Å². The highest BCUT2D eigenvalue weighted by atomic mass is 35.5. The second-order valence-electron chi connectivity index (χ2n) is 5.06. The van der Waals surface area contributed by atoms with Gasteiger partial charge in [0.05, 0.1) is 10.7 Å². The molecule has 0 aromatic heterocycles. The van der Waals surface area contributed by atoms with Gasteiger partial charge in [-0.3, -0.25) is 5.32 Å². The highest BCUT2D eigenvalue weighted by molar-refractivity contribution is 6.33.